The zero-order valence-corrected chi connectivity index (χ0v) is 11.9. The van der Waals surface area contributed by atoms with Crippen molar-refractivity contribution in [2.45, 2.75) is 20.3 Å². The van der Waals surface area contributed by atoms with Crippen LogP contribution in [0.1, 0.15) is 29.9 Å². The molecule has 1 aromatic heterocycles. The maximum Gasteiger partial charge on any atom is 0.216 e. The maximum atomic E-state index is 11.7. The Morgan fingerprint density at radius 1 is 1.30 bits per heavy atom. The van der Waals surface area contributed by atoms with E-state index in [2.05, 4.69) is 10.3 Å². The first-order valence-electron chi connectivity index (χ1n) is 6.47. The summed E-state index contributed by atoms with van der Waals surface area (Å²) in [4.78, 5) is 25.8. The molecule has 0 aliphatic carbocycles. The van der Waals surface area contributed by atoms with Gasteiger partial charge in [-0.2, -0.15) is 0 Å². The fourth-order valence-electron chi connectivity index (χ4n) is 2.28. The quantitative estimate of drug-likeness (QED) is 0.820. The smallest absolute Gasteiger partial charge is 0.216 e. The highest BCUT2D eigenvalue weighted by molar-refractivity contribution is 6.01. The van der Waals surface area contributed by atoms with Crippen LogP contribution in [0, 0.1) is 0 Å². The lowest BCUT2D eigenvalue weighted by molar-refractivity contribution is -0.118. The fraction of sp³-hybridized carbons (Fsp3) is 0.333. The number of ether oxygens (including phenoxy) is 1. The summed E-state index contributed by atoms with van der Waals surface area (Å²) < 4.78 is 5.22. The van der Waals surface area contributed by atoms with Crippen molar-refractivity contribution in [2.75, 3.05) is 13.7 Å². The first kappa shape index (κ1) is 14.1. The van der Waals surface area contributed by atoms with Gasteiger partial charge in [0.25, 0.3) is 0 Å². The van der Waals surface area contributed by atoms with E-state index >= 15 is 0 Å². The predicted molar refractivity (Wildman–Crippen MR) is 77.2 cm³/mol. The Morgan fingerprint density at radius 3 is 2.65 bits per heavy atom. The monoisotopic (exact) mass is 274 g/mol. The number of aromatic nitrogens is 1. The van der Waals surface area contributed by atoms with Crippen molar-refractivity contribution in [2.24, 2.45) is 0 Å². The summed E-state index contributed by atoms with van der Waals surface area (Å²) in [7, 11) is 1.61. The number of carbonyl (C=O) groups is 2. The van der Waals surface area contributed by atoms with E-state index in [-0.39, 0.29) is 11.7 Å². The van der Waals surface area contributed by atoms with E-state index in [1.165, 1.54) is 13.8 Å². The molecule has 5 heteroatoms. The molecule has 0 unspecified atom stereocenters. The average molecular weight is 274 g/mol. The van der Waals surface area contributed by atoms with Gasteiger partial charge in [-0.3, -0.25) is 9.59 Å². The summed E-state index contributed by atoms with van der Waals surface area (Å²) in [6.45, 7) is 3.51. The lowest BCUT2D eigenvalue weighted by Gasteiger charge is -2.04. The normalized spacial score (nSPS) is 10.6. The van der Waals surface area contributed by atoms with Crippen molar-refractivity contribution in [3.05, 3.63) is 29.5 Å². The number of nitrogens with one attached hydrogen (secondary N) is 2. The molecule has 1 amide bonds. The third kappa shape index (κ3) is 2.82. The molecule has 5 nitrogen and oxygen atoms in total. The number of H-pyrrole nitrogens is 1. The van der Waals surface area contributed by atoms with Crippen LogP contribution >= 0.6 is 0 Å². The van der Waals surface area contributed by atoms with Gasteiger partial charge in [-0.15, -0.1) is 0 Å². The van der Waals surface area contributed by atoms with Crippen molar-refractivity contribution in [1.82, 2.24) is 10.3 Å². The number of carbonyl (C=O) groups excluding carboxylic acids is 2. The van der Waals surface area contributed by atoms with Crippen LogP contribution in [0.4, 0.5) is 0 Å². The highest BCUT2D eigenvalue weighted by Gasteiger charge is 2.15. The number of methoxy groups -OCH3 is 1. The van der Waals surface area contributed by atoms with Gasteiger partial charge >= 0.3 is 0 Å². The number of amides is 1. The largest absolute Gasteiger partial charge is 0.497 e. The van der Waals surface area contributed by atoms with Crippen LogP contribution in [0.5, 0.6) is 5.75 Å². The Balaban J connectivity index is 2.43. The number of Topliss-reactive ketones (excluding diaryl/α,β-unsaturated/α-hetero) is 1. The number of hydrogen-bond donors (Lipinski definition) is 2. The molecule has 0 saturated carbocycles. The lowest BCUT2D eigenvalue weighted by atomic mass is 10.1. The van der Waals surface area contributed by atoms with E-state index in [1.54, 1.807) is 7.11 Å². The number of ketones is 1. The summed E-state index contributed by atoms with van der Waals surface area (Å²) in [6.07, 6.45) is 0.599. The molecule has 1 heterocycles. The van der Waals surface area contributed by atoms with Crippen LogP contribution < -0.4 is 10.1 Å². The van der Waals surface area contributed by atoms with Crippen molar-refractivity contribution in [3.8, 4) is 5.75 Å². The summed E-state index contributed by atoms with van der Waals surface area (Å²) in [5, 5.41) is 3.71. The molecule has 0 saturated heterocycles. The minimum Gasteiger partial charge on any atom is -0.497 e. The van der Waals surface area contributed by atoms with Gasteiger partial charge in [-0.1, -0.05) is 0 Å². The third-order valence-corrected chi connectivity index (χ3v) is 3.21. The summed E-state index contributed by atoms with van der Waals surface area (Å²) >= 11 is 0. The Hall–Kier alpha value is -2.30. The second-order valence-corrected chi connectivity index (χ2v) is 4.68. The predicted octanol–water partition coefficient (Wildman–Crippen LogP) is 2.06. The number of hydrogen-bond acceptors (Lipinski definition) is 3. The van der Waals surface area contributed by atoms with E-state index in [0.717, 1.165) is 22.2 Å². The highest BCUT2D eigenvalue weighted by Crippen LogP contribution is 2.27. The van der Waals surface area contributed by atoms with E-state index in [0.29, 0.717) is 18.7 Å². The molecule has 0 atom stereocenters. The van der Waals surface area contributed by atoms with Gasteiger partial charge in [-0.05, 0) is 30.2 Å². The van der Waals surface area contributed by atoms with Gasteiger partial charge in [0.15, 0.2) is 5.78 Å². The van der Waals surface area contributed by atoms with Crippen LogP contribution in [0.15, 0.2) is 18.2 Å². The molecular weight excluding hydrogens is 256 g/mol. The molecule has 0 spiro atoms. The Labute approximate surface area is 117 Å². The summed E-state index contributed by atoms with van der Waals surface area (Å²) in [6, 6.07) is 5.64. The molecule has 0 aliphatic rings. The van der Waals surface area contributed by atoms with Crippen molar-refractivity contribution >= 4 is 22.6 Å². The zero-order valence-electron chi connectivity index (χ0n) is 11.9. The van der Waals surface area contributed by atoms with E-state index in [1.807, 2.05) is 18.2 Å². The topological polar surface area (TPSA) is 71.2 Å². The van der Waals surface area contributed by atoms with Crippen LogP contribution in [0.25, 0.3) is 10.9 Å². The standard InChI is InChI=1S/C15H18N2O3/c1-9(18)15-12(6-7-16-10(2)19)13-8-11(20-3)4-5-14(13)17-15/h4-5,8,17H,6-7H2,1-3H3,(H,16,19). The Morgan fingerprint density at radius 2 is 2.05 bits per heavy atom. The van der Waals surface area contributed by atoms with E-state index in [9.17, 15) is 9.59 Å². The van der Waals surface area contributed by atoms with Gasteiger partial charge in [-0.25, -0.2) is 0 Å². The Kier molecular flexibility index (Phi) is 4.08. The second kappa shape index (κ2) is 5.77. The van der Waals surface area contributed by atoms with Gasteiger partial charge in [0.1, 0.15) is 5.75 Å². The van der Waals surface area contributed by atoms with Crippen LogP contribution in [0.2, 0.25) is 0 Å². The van der Waals surface area contributed by atoms with Crippen LogP contribution in [0.3, 0.4) is 0 Å². The second-order valence-electron chi connectivity index (χ2n) is 4.68. The number of rotatable bonds is 5. The molecule has 20 heavy (non-hydrogen) atoms. The SMILES string of the molecule is COc1ccc2[nH]c(C(C)=O)c(CCNC(C)=O)c2c1. The number of fused-ring (bicyclic) bond motifs is 1. The van der Waals surface area contributed by atoms with Gasteiger partial charge in [0.05, 0.1) is 12.8 Å². The molecular formula is C15H18N2O3. The van der Waals surface area contributed by atoms with Gasteiger partial charge in [0, 0.05) is 31.3 Å². The van der Waals surface area contributed by atoms with Crippen molar-refractivity contribution in [3.63, 3.8) is 0 Å². The molecule has 2 rings (SSSR count). The number of benzene rings is 1. The minimum absolute atomic E-state index is 0.0157. The van der Waals surface area contributed by atoms with E-state index < -0.39 is 0 Å². The number of aromatic amines is 1. The molecule has 0 radical (unpaired) electrons. The molecule has 2 N–H and O–H groups in total. The van der Waals surface area contributed by atoms with Crippen molar-refractivity contribution < 1.29 is 14.3 Å². The summed E-state index contributed by atoms with van der Waals surface area (Å²) in [5.74, 6) is 0.650. The molecule has 1 aromatic carbocycles. The highest BCUT2D eigenvalue weighted by atomic mass is 16.5. The zero-order chi connectivity index (χ0) is 14.7. The first-order chi connectivity index (χ1) is 9.52. The van der Waals surface area contributed by atoms with Crippen LogP contribution in [-0.4, -0.2) is 30.3 Å². The van der Waals surface area contributed by atoms with Crippen LogP contribution in [-0.2, 0) is 11.2 Å². The average Bonchev–Trinajstić information content (AvgIpc) is 2.76. The minimum atomic E-state index is -0.0770. The third-order valence-electron chi connectivity index (χ3n) is 3.21. The van der Waals surface area contributed by atoms with Crippen molar-refractivity contribution in [1.29, 1.82) is 0 Å². The molecule has 2 aromatic rings. The van der Waals surface area contributed by atoms with Gasteiger partial charge < -0.3 is 15.0 Å². The molecule has 0 fully saturated rings. The molecule has 106 valence electrons. The lowest BCUT2D eigenvalue weighted by Crippen LogP contribution is -2.22. The Bertz CT molecular complexity index is 658. The van der Waals surface area contributed by atoms with Gasteiger partial charge in [0.2, 0.25) is 5.91 Å². The molecule has 0 aliphatic heterocycles. The fourth-order valence-corrected chi connectivity index (χ4v) is 2.28. The maximum absolute atomic E-state index is 11.7. The summed E-state index contributed by atoms with van der Waals surface area (Å²) in [5.41, 5.74) is 2.41. The molecule has 0 bridgehead atoms. The van der Waals surface area contributed by atoms with E-state index in [4.69, 9.17) is 4.74 Å². The first-order valence-corrected chi connectivity index (χ1v) is 6.47.